The summed E-state index contributed by atoms with van der Waals surface area (Å²) in [6.45, 7) is 3.95. The molecular weight excluding hydrogens is 261 g/mol. The highest BCUT2D eigenvalue weighted by Gasteiger charge is 2.17. The van der Waals surface area contributed by atoms with Crippen LogP contribution in [0.4, 0.5) is 4.39 Å². The van der Waals surface area contributed by atoms with Crippen LogP contribution in [0.5, 0.6) is 0 Å². The number of halogens is 1. The third-order valence-corrected chi connectivity index (χ3v) is 3.90. The SMILES string of the molecule is Cc1ccnc(SC(C)C(N)c2ccc(F)cc2)n1. The molecule has 1 aromatic carbocycles. The van der Waals surface area contributed by atoms with E-state index in [1.165, 1.54) is 23.9 Å². The number of benzene rings is 1. The fourth-order valence-electron chi connectivity index (χ4n) is 1.68. The van der Waals surface area contributed by atoms with E-state index in [1.807, 2.05) is 19.9 Å². The van der Waals surface area contributed by atoms with Crippen molar-refractivity contribution < 1.29 is 4.39 Å². The van der Waals surface area contributed by atoms with Crippen LogP contribution >= 0.6 is 11.8 Å². The predicted octanol–water partition coefficient (Wildman–Crippen LogP) is 3.10. The first kappa shape index (κ1) is 14.0. The average molecular weight is 277 g/mol. The van der Waals surface area contributed by atoms with Crippen molar-refractivity contribution in [3.8, 4) is 0 Å². The van der Waals surface area contributed by atoms with Gasteiger partial charge in [-0.2, -0.15) is 0 Å². The molecule has 19 heavy (non-hydrogen) atoms. The fraction of sp³-hybridized carbons (Fsp3) is 0.286. The zero-order valence-electron chi connectivity index (χ0n) is 10.9. The minimum absolute atomic E-state index is 0.104. The number of hydrogen-bond donors (Lipinski definition) is 1. The van der Waals surface area contributed by atoms with Crippen LogP contribution in [0, 0.1) is 12.7 Å². The molecule has 5 heteroatoms. The van der Waals surface area contributed by atoms with E-state index in [-0.39, 0.29) is 17.1 Å². The number of rotatable bonds is 4. The van der Waals surface area contributed by atoms with E-state index in [0.717, 1.165) is 11.3 Å². The molecular formula is C14H16FN3S. The van der Waals surface area contributed by atoms with Crippen LogP contribution in [0.1, 0.15) is 24.2 Å². The molecule has 0 fully saturated rings. The van der Waals surface area contributed by atoms with Gasteiger partial charge in [-0.15, -0.1) is 0 Å². The summed E-state index contributed by atoms with van der Waals surface area (Å²) in [7, 11) is 0. The lowest BCUT2D eigenvalue weighted by Gasteiger charge is -2.19. The largest absolute Gasteiger partial charge is 0.323 e. The second-order valence-corrected chi connectivity index (χ2v) is 5.73. The summed E-state index contributed by atoms with van der Waals surface area (Å²) in [5.41, 5.74) is 8.02. The Balaban J connectivity index is 2.07. The second-order valence-electron chi connectivity index (χ2n) is 4.38. The van der Waals surface area contributed by atoms with Crippen molar-refractivity contribution in [2.45, 2.75) is 30.3 Å². The van der Waals surface area contributed by atoms with Crippen LogP contribution in [0.2, 0.25) is 0 Å². The van der Waals surface area contributed by atoms with Crippen molar-refractivity contribution in [3.63, 3.8) is 0 Å². The molecule has 2 rings (SSSR count). The van der Waals surface area contributed by atoms with Gasteiger partial charge in [0.15, 0.2) is 5.16 Å². The van der Waals surface area contributed by atoms with E-state index < -0.39 is 0 Å². The number of aryl methyl sites for hydroxylation is 1. The van der Waals surface area contributed by atoms with Gasteiger partial charge in [0.25, 0.3) is 0 Å². The number of aromatic nitrogens is 2. The Bertz CT molecular complexity index is 545. The Morgan fingerprint density at radius 2 is 1.89 bits per heavy atom. The molecule has 0 amide bonds. The van der Waals surface area contributed by atoms with E-state index in [2.05, 4.69) is 9.97 Å². The third kappa shape index (κ3) is 3.75. The molecule has 2 atom stereocenters. The molecule has 0 bridgehead atoms. The lowest BCUT2D eigenvalue weighted by atomic mass is 10.1. The maximum absolute atomic E-state index is 12.9. The molecule has 2 unspecified atom stereocenters. The summed E-state index contributed by atoms with van der Waals surface area (Å²) in [6.07, 6.45) is 1.74. The van der Waals surface area contributed by atoms with Gasteiger partial charge < -0.3 is 5.73 Å². The van der Waals surface area contributed by atoms with Crippen LogP contribution in [0.25, 0.3) is 0 Å². The molecule has 2 N–H and O–H groups in total. The highest BCUT2D eigenvalue weighted by molar-refractivity contribution is 7.99. The smallest absolute Gasteiger partial charge is 0.188 e. The Labute approximate surface area is 116 Å². The maximum atomic E-state index is 12.9. The van der Waals surface area contributed by atoms with Gasteiger partial charge in [0.1, 0.15) is 5.82 Å². The van der Waals surface area contributed by atoms with Gasteiger partial charge in [0.05, 0.1) is 0 Å². The molecule has 1 aromatic heterocycles. The molecule has 100 valence electrons. The first-order valence-corrected chi connectivity index (χ1v) is 6.91. The van der Waals surface area contributed by atoms with Crippen molar-refractivity contribution in [2.75, 3.05) is 0 Å². The quantitative estimate of drug-likeness (QED) is 0.689. The summed E-state index contributed by atoms with van der Waals surface area (Å²) in [4.78, 5) is 8.55. The van der Waals surface area contributed by atoms with Gasteiger partial charge in [-0.25, -0.2) is 14.4 Å². The molecule has 0 spiro atoms. The normalized spacial score (nSPS) is 14.1. The van der Waals surface area contributed by atoms with Crippen LogP contribution in [-0.4, -0.2) is 15.2 Å². The van der Waals surface area contributed by atoms with E-state index in [4.69, 9.17) is 5.73 Å². The Hall–Kier alpha value is -1.46. The first-order valence-electron chi connectivity index (χ1n) is 6.03. The Morgan fingerprint density at radius 1 is 1.21 bits per heavy atom. The first-order chi connectivity index (χ1) is 9.06. The molecule has 0 saturated heterocycles. The summed E-state index contributed by atoms with van der Waals surface area (Å²) < 4.78 is 12.9. The van der Waals surface area contributed by atoms with Crippen LogP contribution < -0.4 is 5.73 Å². The van der Waals surface area contributed by atoms with Crippen molar-refractivity contribution >= 4 is 11.8 Å². The van der Waals surface area contributed by atoms with Gasteiger partial charge in [-0.05, 0) is 30.7 Å². The van der Waals surface area contributed by atoms with Crippen molar-refractivity contribution in [3.05, 3.63) is 53.6 Å². The molecule has 0 aliphatic rings. The average Bonchev–Trinajstić information content (AvgIpc) is 2.39. The fourth-order valence-corrected chi connectivity index (χ4v) is 2.63. The molecule has 3 nitrogen and oxygen atoms in total. The second kappa shape index (κ2) is 6.12. The summed E-state index contributed by atoms with van der Waals surface area (Å²) in [5.74, 6) is -0.252. The van der Waals surface area contributed by atoms with Crippen molar-refractivity contribution in [2.24, 2.45) is 5.73 Å². The van der Waals surface area contributed by atoms with Crippen LogP contribution in [-0.2, 0) is 0 Å². The molecule has 0 aliphatic heterocycles. The molecule has 1 heterocycles. The number of thioether (sulfide) groups is 1. The van der Waals surface area contributed by atoms with Gasteiger partial charge in [-0.1, -0.05) is 30.8 Å². The lowest BCUT2D eigenvalue weighted by Crippen LogP contribution is -2.21. The van der Waals surface area contributed by atoms with E-state index in [0.29, 0.717) is 5.16 Å². The molecule has 0 aliphatic carbocycles. The monoisotopic (exact) mass is 277 g/mol. The number of nitrogens with two attached hydrogens (primary N) is 1. The lowest BCUT2D eigenvalue weighted by molar-refractivity contribution is 0.624. The topological polar surface area (TPSA) is 51.8 Å². The Kier molecular flexibility index (Phi) is 4.50. The summed E-state index contributed by atoms with van der Waals surface area (Å²) >= 11 is 1.52. The number of hydrogen-bond acceptors (Lipinski definition) is 4. The highest BCUT2D eigenvalue weighted by Crippen LogP contribution is 2.28. The highest BCUT2D eigenvalue weighted by atomic mass is 32.2. The summed E-state index contributed by atoms with van der Waals surface area (Å²) in [5, 5.41) is 0.817. The van der Waals surface area contributed by atoms with Crippen molar-refractivity contribution in [1.82, 2.24) is 9.97 Å². The zero-order chi connectivity index (χ0) is 13.8. The van der Waals surface area contributed by atoms with Gasteiger partial charge >= 0.3 is 0 Å². The third-order valence-electron chi connectivity index (χ3n) is 2.82. The van der Waals surface area contributed by atoms with E-state index in [9.17, 15) is 4.39 Å². The van der Waals surface area contributed by atoms with Crippen LogP contribution in [0.3, 0.4) is 0 Å². The zero-order valence-corrected chi connectivity index (χ0v) is 11.7. The number of nitrogens with zero attached hydrogens (tertiary/aromatic N) is 2. The van der Waals surface area contributed by atoms with E-state index in [1.54, 1.807) is 18.3 Å². The minimum atomic E-state index is -0.252. The molecule has 0 saturated carbocycles. The Morgan fingerprint density at radius 3 is 2.53 bits per heavy atom. The molecule has 0 radical (unpaired) electrons. The summed E-state index contributed by atoms with van der Waals surface area (Å²) in [6, 6.07) is 7.96. The maximum Gasteiger partial charge on any atom is 0.188 e. The standard InChI is InChI=1S/C14H16FN3S/c1-9-7-8-17-14(18-9)19-10(2)13(16)11-3-5-12(15)6-4-11/h3-8,10,13H,16H2,1-2H3. The van der Waals surface area contributed by atoms with Gasteiger partial charge in [-0.3, -0.25) is 0 Å². The van der Waals surface area contributed by atoms with Crippen molar-refractivity contribution in [1.29, 1.82) is 0 Å². The van der Waals surface area contributed by atoms with E-state index >= 15 is 0 Å². The van der Waals surface area contributed by atoms with Crippen LogP contribution in [0.15, 0.2) is 41.7 Å². The van der Waals surface area contributed by atoms with Gasteiger partial charge in [0, 0.05) is 23.2 Å². The van der Waals surface area contributed by atoms with Gasteiger partial charge in [0.2, 0.25) is 0 Å². The predicted molar refractivity (Wildman–Crippen MR) is 75.4 cm³/mol. The molecule has 2 aromatic rings. The minimum Gasteiger partial charge on any atom is -0.323 e.